The monoisotopic (exact) mass is 314 g/mol. The Morgan fingerprint density at radius 1 is 1.39 bits per heavy atom. The number of hydrogen-bond donors (Lipinski definition) is 0. The van der Waals surface area contributed by atoms with Crippen LogP contribution in [0.2, 0.25) is 0 Å². The van der Waals surface area contributed by atoms with Gasteiger partial charge in [0, 0.05) is 32.1 Å². The second-order valence-corrected chi connectivity index (χ2v) is 6.83. The number of allylic oxidation sites excluding steroid dienone is 2. The molecule has 0 bridgehead atoms. The number of amides is 1. The minimum Gasteiger partial charge on any atom is -0.377 e. The van der Waals surface area contributed by atoms with E-state index in [4.69, 9.17) is 4.74 Å². The Morgan fingerprint density at radius 3 is 3.00 bits per heavy atom. The van der Waals surface area contributed by atoms with Crippen LogP contribution in [0.15, 0.2) is 24.5 Å². The van der Waals surface area contributed by atoms with Gasteiger partial charge in [0.2, 0.25) is 5.91 Å². The largest absolute Gasteiger partial charge is 0.377 e. The van der Waals surface area contributed by atoms with Crippen LogP contribution in [-0.4, -0.2) is 28.9 Å². The topological polar surface area (TPSA) is 42.4 Å². The standard InChI is InChI=1S/C19H26N2O2/c1-3-23-14-16-12-20-11-15-13-21(10-7-17(15)16)18(22)19(2)8-5-4-6-9-19/h4-5,11-12H,3,6-10,13-14H2,1-2H3. The summed E-state index contributed by atoms with van der Waals surface area (Å²) in [5.74, 6) is 0.294. The number of ether oxygens (including phenoxy) is 1. The van der Waals surface area contributed by atoms with E-state index in [2.05, 4.69) is 24.1 Å². The minimum atomic E-state index is -0.234. The lowest BCUT2D eigenvalue weighted by atomic mass is 9.77. The summed E-state index contributed by atoms with van der Waals surface area (Å²) in [7, 11) is 0. The van der Waals surface area contributed by atoms with E-state index in [9.17, 15) is 4.79 Å². The number of aromatic nitrogens is 1. The van der Waals surface area contributed by atoms with Crippen LogP contribution in [0.3, 0.4) is 0 Å². The highest BCUT2D eigenvalue weighted by Gasteiger charge is 2.37. The summed E-state index contributed by atoms with van der Waals surface area (Å²) in [6, 6.07) is 0. The van der Waals surface area contributed by atoms with Gasteiger partial charge in [-0.05, 0) is 49.3 Å². The summed E-state index contributed by atoms with van der Waals surface area (Å²) in [6.45, 7) is 6.92. The third-order valence-electron chi connectivity index (χ3n) is 5.09. The molecule has 0 aromatic carbocycles. The molecule has 0 radical (unpaired) electrons. The van der Waals surface area contributed by atoms with E-state index in [0.29, 0.717) is 25.7 Å². The highest BCUT2D eigenvalue weighted by atomic mass is 16.5. The molecular formula is C19H26N2O2. The molecule has 0 fully saturated rings. The quantitative estimate of drug-likeness (QED) is 0.801. The van der Waals surface area contributed by atoms with E-state index in [1.165, 1.54) is 16.7 Å². The Kier molecular flexibility index (Phi) is 4.81. The number of hydrogen-bond acceptors (Lipinski definition) is 3. The average Bonchev–Trinajstić information content (AvgIpc) is 2.59. The van der Waals surface area contributed by atoms with Gasteiger partial charge in [-0.2, -0.15) is 0 Å². The fourth-order valence-electron chi connectivity index (χ4n) is 3.62. The lowest BCUT2D eigenvalue weighted by Crippen LogP contribution is -2.45. The molecule has 124 valence electrons. The fraction of sp³-hybridized carbons (Fsp3) is 0.579. The van der Waals surface area contributed by atoms with Gasteiger partial charge in [-0.15, -0.1) is 0 Å². The molecule has 1 aliphatic heterocycles. The zero-order valence-electron chi connectivity index (χ0n) is 14.2. The first-order valence-corrected chi connectivity index (χ1v) is 8.61. The summed E-state index contributed by atoms with van der Waals surface area (Å²) in [4.78, 5) is 19.4. The maximum absolute atomic E-state index is 13.0. The molecule has 4 heteroatoms. The first kappa shape index (κ1) is 16.2. The van der Waals surface area contributed by atoms with Crippen LogP contribution < -0.4 is 0 Å². The van der Waals surface area contributed by atoms with E-state index >= 15 is 0 Å². The number of pyridine rings is 1. The van der Waals surface area contributed by atoms with Crippen molar-refractivity contribution in [1.29, 1.82) is 0 Å². The smallest absolute Gasteiger partial charge is 0.229 e. The van der Waals surface area contributed by atoms with Crippen molar-refractivity contribution < 1.29 is 9.53 Å². The van der Waals surface area contributed by atoms with Crippen molar-refractivity contribution in [2.24, 2.45) is 5.41 Å². The van der Waals surface area contributed by atoms with Crippen molar-refractivity contribution in [2.75, 3.05) is 13.2 Å². The predicted octanol–water partition coefficient (Wildman–Crippen LogP) is 3.25. The molecule has 2 heterocycles. The minimum absolute atomic E-state index is 0.234. The molecule has 0 saturated carbocycles. The van der Waals surface area contributed by atoms with Crippen molar-refractivity contribution in [3.05, 3.63) is 41.2 Å². The first-order chi connectivity index (χ1) is 11.1. The van der Waals surface area contributed by atoms with Crippen molar-refractivity contribution in [3.8, 4) is 0 Å². The summed E-state index contributed by atoms with van der Waals surface area (Å²) < 4.78 is 5.54. The maximum Gasteiger partial charge on any atom is 0.229 e. The molecule has 2 aliphatic rings. The van der Waals surface area contributed by atoms with Gasteiger partial charge in [-0.25, -0.2) is 0 Å². The number of rotatable bonds is 4. The van der Waals surface area contributed by atoms with Crippen LogP contribution in [0.4, 0.5) is 0 Å². The second-order valence-electron chi connectivity index (χ2n) is 6.83. The van der Waals surface area contributed by atoms with Crippen LogP contribution in [0.1, 0.15) is 49.8 Å². The van der Waals surface area contributed by atoms with Crippen molar-refractivity contribution in [2.45, 2.75) is 52.7 Å². The molecule has 0 spiro atoms. The Bertz CT molecular complexity index is 611. The normalized spacial score (nSPS) is 23.7. The van der Waals surface area contributed by atoms with Gasteiger partial charge in [0.1, 0.15) is 0 Å². The van der Waals surface area contributed by atoms with E-state index in [1.54, 1.807) is 0 Å². The van der Waals surface area contributed by atoms with Gasteiger partial charge in [0.05, 0.1) is 12.0 Å². The summed E-state index contributed by atoms with van der Waals surface area (Å²) >= 11 is 0. The van der Waals surface area contributed by atoms with E-state index in [0.717, 1.165) is 32.2 Å². The van der Waals surface area contributed by atoms with Gasteiger partial charge >= 0.3 is 0 Å². The summed E-state index contributed by atoms with van der Waals surface area (Å²) in [5, 5.41) is 0. The lowest BCUT2D eigenvalue weighted by Gasteiger charge is -2.38. The Hall–Kier alpha value is -1.68. The summed E-state index contributed by atoms with van der Waals surface area (Å²) in [6.07, 6.45) is 11.9. The zero-order chi connectivity index (χ0) is 16.3. The third kappa shape index (κ3) is 3.32. The molecule has 1 amide bonds. The van der Waals surface area contributed by atoms with Crippen LogP contribution in [0.5, 0.6) is 0 Å². The first-order valence-electron chi connectivity index (χ1n) is 8.61. The number of fused-ring (bicyclic) bond motifs is 1. The molecule has 3 rings (SSSR count). The molecule has 1 unspecified atom stereocenters. The Balaban J connectivity index is 1.75. The van der Waals surface area contributed by atoms with Crippen LogP contribution in [0.25, 0.3) is 0 Å². The number of carbonyl (C=O) groups excluding carboxylic acids is 1. The van der Waals surface area contributed by atoms with Crippen LogP contribution in [-0.2, 0) is 29.1 Å². The van der Waals surface area contributed by atoms with Gasteiger partial charge in [0.25, 0.3) is 0 Å². The lowest BCUT2D eigenvalue weighted by molar-refractivity contribution is -0.142. The van der Waals surface area contributed by atoms with Crippen molar-refractivity contribution >= 4 is 5.91 Å². The molecule has 1 atom stereocenters. The molecule has 1 aromatic rings. The highest BCUT2D eigenvalue weighted by Crippen LogP contribution is 2.35. The average molecular weight is 314 g/mol. The SMILES string of the molecule is CCOCc1cncc2c1CCN(C(=O)C1(C)CC=CCC1)C2. The van der Waals surface area contributed by atoms with Crippen LogP contribution >= 0.6 is 0 Å². The molecule has 1 aromatic heterocycles. The predicted molar refractivity (Wildman–Crippen MR) is 89.8 cm³/mol. The second kappa shape index (κ2) is 6.83. The van der Waals surface area contributed by atoms with E-state index in [-0.39, 0.29) is 5.41 Å². The van der Waals surface area contributed by atoms with E-state index in [1.807, 2.05) is 24.2 Å². The van der Waals surface area contributed by atoms with Crippen LogP contribution in [0, 0.1) is 5.41 Å². The van der Waals surface area contributed by atoms with Crippen molar-refractivity contribution in [3.63, 3.8) is 0 Å². The van der Waals surface area contributed by atoms with E-state index < -0.39 is 0 Å². The molecule has 23 heavy (non-hydrogen) atoms. The van der Waals surface area contributed by atoms with Gasteiger partial charge in [-0.3, -0.25) is 9.78 Å². The van der Waals surface area contributed by atoms with Gasteiger partial charge < -0.3 is 9.64 Å². The third-order valence-corrected chi connectivity index (χ3v) is 5.09. The molecule has 4 nitrogen and oxygen atoms in total. The molecular weight excluding hydrogens is 288 g/mol. The highest BCUT2D eigenvalue weighted by molar-refractivity contribution is 5.83. The number of nitrogens with zero attached hydrogens (tertiary/aromatic N) is 2. The van der Waals surface area contributed by atoms with Crippen molar-refractivity contribution in [1.82, 2.24) is 9.88 Å². The Labute approximate surface area is 138 Å². The molecule has 1 aliphatic carbocycles. The van der Waals surface area contributed by atoms with Gasteiger partial charge in [-0.1, -0.05) is 19.1 Å². The zero-order valence-corrected chi connectivity index (χ0v) is 14.2. The maximum atomic E-state index is 13.0. The molecule has 0 N–H and O–H groups in total. The Morgan fingerprint density at radius 2 is 2.26 bits per heavy atom. The summed E-state index contributed by atoms with van der Waals surface area (Å²) in [5.41, 5.74) is 3.44. The fourth-order valence-corrected chi connectivity index (χ4v) is 3.62. The molecule has 0 saturated heterocycles. The number of carbonyl (C=O) groups is 1. The van der Waals surface area contributed by atoms with Gasteiger partial charge in [0.15, 0.2) is 0 Å².